The van der Waals surface area contributed by atoms with Crippen LogP contribution in [0, 0.1) is 5.53 Å². The fourth-order valence-corrected chi connectivity index (χ4v) is 3.02. The Labute approximate surface area is 213 Å². The van der Waals surface area contributed by atoms with Crippen molar-refractivity contribution in [3.8, 4) is 5.88 Å². The van der Waals surface area contributed by atoms with Crippen molar-refractivity contribution in [1.82, 2.24) is 25.3 Å². The summed E-state index contributed by atoms with van der Waals surface area (Å²) >= 11 is 0. The van der Waals surface area contributed by atoms with Crippen molar-refractivity contribution in [2.45, 2.75) is 13.2 Å². The quantitative estimate of drug-likeness (QED) is 0.133. The van der Waals surface area contributed by atoms with Crippen molar-refractivity contribution < 1.29 is 28.5 Å². The van der Waals surface area contributed by atoms with E-state index in [1.807, 2.05) is 24.3 Å². The fraction of sp³-hybridized carbons (Fsp3) is 0.478. The van der Waals surface area contributed by atoms with Gasteiger partial charge >= 0.3 is 0 Å². The summed E-state index contributed by atoms with van der Waals surface area (Å²) in [5, 5.41) is 6.01. The third-order valence-electron chi connectivity index (χ3n) is 4.85. The summed E-state index contributed by atoms with van der Waals surface area (Å²) in [5.41, 5.74) is 15.2. The lowest BCUT2D eigenvalue weighted by atomic mass is 10.1. The Balaban J connectivity index is 1.21. The molecule has 0 unspecified atom stereocenters. The van der Waals surface area contributed by atoms with Gasteiger partial charge in [-0.3, -0.25) is 4.79 Å². The summed E-state index contributed by atoms with van der Waals surface area (Å²) in [7, 11) is 0. The van der Waals surface area contributed by atoms with Crippen molar-refractivity contribution in [2.24, 2.45) is 5.11 Å². The zero-order valence-corrected chi connectivity index (χ0v) is 20.5. The molecule has 0 spiro atoms. The summed E-state index contributed by atoms with van der Waals surface area (Å²) < 4.78 is 27.0. The Morgan fingerprint density at radius 1 is 0.946 bits per heavy atom. The molecule has 200 valence electrons. The molecule has 0 fully saturated rings. The van der Waals surface area contributed by atoms with E-state index in [9.17, 15) is 4.79 Å². The maximum absolute atomic E-state index is 12.0. The molecule has 3 rings (SSSR count). The zero-order chi connectivity index (χ0) is 26.1. The van der Waals surface area contributed by atoms with Gasteiger partial charge in [0, 0.05) is 6.54 Å². The van der Waals surface area contributed by atoms with Crippen LogP contribution in [0.15, 0.2) is 35.7 Å². The molecule has 3 aromatic rings. The number of imidazole rings is 1. The first-order chi connectivity index (χ1) is 18.2. The summed E-state index contributed by atoms with van der Waals surface area (Å²) in [6.07, 6.45) is 1.51. The molecule has 0 aliphatic carbocycles. The molecule has 5 N–H and O–H groups in total. The second-order valence-corrected chi connectivity index (χ2v) is 7.64. The van der Waals surface area contributed by atoms with Crippen LogP contribution in [-0.2, 0) is 36.9 Å². The van der Waals surface area contributed by atoms with Crippen LogP contribution in [0.2, 0.25) is 0 Å². The number of nitrogen functional groups attached to an aromatic ring is 1. The molecular weight excluding hydrogens is 484 g/mol. The van der Waals surface area contributed by atoms with Gasteiger partial charge < -0.3 is 39.7 Å². The number of aromatic amines is 1. The number of H-pyrrole nitrogens is 1. The Kier molecular flexibility index (Phi) is 12.1. The summed E-state index contributed by atoms with van der Waals surface area (Å²) in [5.74, 6) is 0.208. The number of anilines is 1. The van der Waals surface area contributed by atoms with Crippen molar-refractivity contribution in [1.29, 1.82) is 5.53 Å². The van der Waals surface area contributed by atoms with Gasteiger partial charge in [-0.2, -0.15) is 15.1 Å². The third-order valence-corrected chi connectivity index (χ3v) is 4.85. The minimum Gasteiger partial charge on any atom is -0.471 e. The number of nitrogens with two attached hydrogens (primary N) is 1. The lowest BCUT2D eigenvalue weighted by Crippen LogP contribution is -2.27. The predicted octanol–water partition coefficient (Wildman–Crippen LogP) is 1.23. The van der Waals surface area contributed by atoms with Crippen molar-refractivity contribution in [3.63, 3.8) is 0 Å². The number of hydrogen-bond acceptors (Lipinski definition) is 12. The standard InChI is InChI=1S/C23H32N8O6/c24-23-30-21-20(27-16-28-21)22(31-23)37-14-18-3-1-17(2-4-18)13-26-19(32)15-36-12-11-35-10-9-34-8-7-33-6-5-29-25/h1-4,16,25H,5-15H2,(H,26,32)(H3,24,27,28,30,31). The van der Waals surface area contributed by atoms with Crippen LogP contribution in [0.1, 0.15) is 11.1 Å². The van der Waals surface area contributed by atoms with Gasteiger partial charge in [-0.05, 0) is 11.1 Å². The van der Waals surface area contributed by atoms with Crippen LogP contribution in [0.4, 0.5) is 5.95 Å². The SMILES string of the molecule is N=NCCOCCOCCOCCOCC(=O)NCc1ccc(COc2nc(N)nc3[nH]cnc23)cc1. The predicted molar refractivity (Wildman–Crippen MR) is 132 cm³/mol. The molecule has 0 saturated heterocycles. The number of nitrogens with zero attached hydrogens (tertiary/aromatic N) is 4. The van der Waals surface area contributed by atoms with Gasteiger partial charge in [0.2, 0.25) is 17.7 Å². The Morgan fingerprint density at radius 3 is 2.30 bits per heavy atom. The van der Waals surface area contributed by atoms with E-state index in [0.717, 1.165) is 11.1 Å². The van der Waals surface area contributed by atoms with Gasteiger partial charge in [-0.25, -0.2) is 10.5 Å². The smallest absolute Gasteiger partial charge is 0.247 e. The van der Waals surface area contributed by atoms with Crippen LogP contribution in [-0.4, -0.2) is 85.2 Å². The van der Waals surface area contributed by atoms with Gasteiger partial charge in [0.05, 0.1) is 59.1 Å². The molecule has 0 aliphatic rings. The van der Waals surface area contributed by atoms with Crippen LogP contribution in [0.25, 0.3) is 11.2 Å². The number of rotatable bonds is 19. The first kappa shape index (κ1) is 27.9. The fourth-order valence-electron chi connectivity index (χ4n) is 3.02. The molecule has 0 saturated carbocycles. The first-order valence-electron chi connectivity index (χ1n) is 11.7. The van der Waals surface area contributed by atoms with E-state index >= 15 is 0 Å². The average Bonchev–Trinajstić information content (AvgIpc) is 3.38. The number of fused-ring (bicyclic) bond motifs is 1. The monoisotopic (exact) mass is 516 g/mol. The van der Waals surface area contributed by atoms with Crippen LogP contribution in [0.5, 0.6) is 5.88 Å². The molecule has 14 heteroatoms. The highest BCUT2D eigenvalue weighted by atomic mass is 16.6. The van der Waals surface area contributed by atoms with E-state index < -0.39 is 0 Å². The molecule has 0 atom stereocenters. The minimum atomic E-state index is -0.210. The molecule has 2 aromatic heterocycles. The second-order valence-electron chi connectivity index (χ2n) is 7.64. The first-order valence-corrected chi connectivity index (χ1v) is 11.7. The highest BCUT2D eigenvalue weighted by Gasteiger charge is 2.10. The molecule has 1 aromatic carbocycles. The van der Waals surface area contributed by atoms with Crippen LogP contribution < -0.4 is 15.8 Å². The maximum atomic E-state index is 12.0. The van der Waals surface area contributed by atoms with Crippen LogP contribution >= 0.6 is 0 Å². The van der Waals surface area contributed by atoms with Gasteiger partial charge in [0.25, 0.3) is 0 Å². The lowest BCUT2D eigenvalue weighted by molar-refractivity contribution is -0.126. The number of hydrogen-bond donors (Lipinski definition) is 4. The highest BCUT2D eigenvalue weighted by Crippen LogP contribution is 2.20. The molecule has 37 heavy (non-hydrogen) atoms. The number of benzene rings is 1. The van der Waals surface area contributed by atoms with Gasteiger partial charge in [-0.1, -0.05) is 24.3 Å². The normalized spacial score (nSPS) is 11.0. The lowest BCUT2D eigenvalue weighted by Gasteiger charge is -2.09. The number of aromatic nitrogens is 4. The average molecular weight is 517 g/mol. The maximum Gasteiger partial charge on any atom is 0.247 e. The number of ether oxygens (including phenoxy) is 5. The van der Waals surface area contributed by atoms with Gasteiger partial charge in [0.15, 0.2) is 11.2 Å². The molecular formula is C23H32N8O6. The molecule has 0 radical (unpaired) electrons. The van der Waals surface area contributed by atoms with E-state index in [4.69, 9.17) is 34.9 Å². The Hall–Kier alpha value is -3.72. The summed E-state index contributed by atoms with van der Waals surface area (Å²) in [6, 6.07) is 7.64. The molecule has 0 aliphatic heterocycles. The minimum absolute atomic E-state index is 0.0442. The van der Waals surface area contributed by atoms with Crippen molar-refractivity contribution in [2.75, 3.05) is 65.1 Å². The molecule has 0 bridgehead atoms. The molecule has 14 nitrogen and oxygen atoms in total. The van der Waals surface area contributed by atoms with E-state index in [-0.39, 0.29) is 25.1 Å². The van der Waals surface area contributed by atoms with Gasteiger partial charge in [0.1, 0.15) is 13.2 Å². The zero-order valence-electron chi connectivity index (χ0n) is 20.5. The number of nitrogens with one attached hydrogen (secondary N) is 3. The van der Waals surface area contributed by atoms with E-state index in [1.54, 1.807) is 0 Å². The van der Waals surface area contributed by atoms with E-state index in [2.05, 4.69) is 30.4 Å². The van der Waals surface area contributed by atoms with E-state index in [1.165, 1.54) is 6.33 Å². The highest BCUT2D eigenvalue weighted by molar-refractivity contribution is 5.77. The largest absolute Gasteiger partial charge is 0.471 e. The topological polar surface area (TPSA) is 192 Å². The van der Waals surface area contributed by atoms with Crippen molar-refractivity contribution >= 4 is 23.0 Å². The third kappa shape index (κ3) is 10.4. The number of carbonyl (C=O) groups is 1. The Bertz CT molecular complexity index is 1090. The Morgan fingerprint density at radius 2 is 1.59 bits per heavy atom. The molecule has 2 heterocycles. The van der Waals surface area contributed by atoms with E-state index in [0.29, 0.717) is 76.4 Å². The number of carbonyl (C=O) groups excluding carboxylic acids is 1. The summed E-state index contributed by atoms with van der Waals surface area (Å²) in [6.45, 7) is 3.89. The van der Waals surface area contributed by atoms with Crippen LogP contribution in [0.3, 0.4) is 0 Å². The van der Waals surface area contributed by atoms with Crippen molar-refractivity contribution in [3.05, 3.63) is 41.7 Å². The number of amides is 1. The summed E-state index contributed by atoms with van der Waals surface area (Å²) in [4.78, 5) is 27.2. The second kappa shape index (κ2) is 16.1. The van der Waals surface area contributed by atoms with Gasteiger partial charge in [-0.15, -0.1) is 0 Å². The molecule has 1 amide bonds.